The molecule has 0 aromatic heterocycles. The first-order chi connectivity index (χ1) is 9.07. The Morgan fingerprint density at radius 2 is 1.47 bits per heavy atom. The molecule has 0 spiro atoms. The molecule has 0 radical (unpaired) electrons. The molecule has 0 heterocycles. The molecule has 0 aliphatic heterocycles. The first-order valence-electron chi connectivity index (χ1n) is 5.95. The van der Waals surface area contributed by atoms with Gasteiger partial charge in [0, 0.05) is 6.54 Å². The van der Waals surface area contributed by atoms with Crippen LogP contribution in [0.15, 0.2) is 60.7 Å². The van der Waals surface area contributed by atoms with Crippen LogP contribution in [0, 0.1) is 0 Å². The first kappa shape index (κ1) is 14.0. The molecule has 2 rings (SSSR count). The van der Waals surface area contributed by atoms with Gasteiger partial charge in [0.15, 0.2) is 0 Å². The Balaban J connectivity index is 2.14. The summed E-state index contributed by atoms with van der Waals surface area (Å²) in [6.45, 7) is 0.408. The molecule has 0 bridgehead atoms. The standard InChI is InChI=1S/C14H16NO3P/c16-19(17,18)14(13-9-5-2-6-10-13)15-11-12-7-3-1-4-8-12/h1-10,14-15H,11H2,(H2,16,17,18). The summed E-state index contributed by atoms with van der Waals surface area (Å²) in [5, 5.41) is 2.93. The van der Waals surface area contributed by atoms with Crippen molar-refractivity contribution in [1.29, 1.82) is 0 Å². The van der Waals surface area contributed by atoms with Crippen LogP contribution in [0.5, 0.6) is 0 Å². The summed E-state index contributed by atoms with van der Waals surface area (Å²) in [4.78, 5) is 18.9. The van der Waals surface area contributed by atoms with Crippen molar-refractivity contribution in [3.63, 3.8) is 0 Å². The van der Waals surface area contributed by atoms with E-state index >= 15 is 0 Å². The Bertz CT molecular complexity index is 553. The third-order valence-electron chi connectivity index (χ3n) is 2.79. The molecule has 0 fully saturated rings. The number of hydrogen-bond donors (Lipinski definition) is 3. The first-order valence-corrected chi connectivity index (χ1v) is 7.63. The lowest BCUT2D eigenvalue weighted by Gasteiger charge is -2.20. The number of hydrogen-bond acceptors (Lipinski definition) is 2. The maximum absolute atomic E-state index is 11.6. The van der Waals surface area contributed by atoms with Crippen molar-refractivity contribution in [2.45, 2.75) is 12.3 Å². The molecule has 3 N–H and O–H groups in total. The fourth-order valence-electron chi connectivity index (χ4n) is 1.88. The minimum absolute atomic E-state index is 0.408. The molecule has 5 heteroatoms. The summed E-state index contributed by atoms with van der Waals surface area (Å²) in [6.07, 6.45) is 0. The minimum atomic E-state index is -4.25. The topological polar surface area (TPSA) is 69.6 Å². The van der Waals surface area contributed by atoms with Crippen LogP contribution in [0.25, 0.3) is 0 Å². The third kappa shape index (κ3) is 4.01. The second-order valence-corrected chi connectivity index (χ2v) is 5.96. The Labute approximate surface area is 112 Å². The van der Waals surface area contributed by atoms with Crippen LogP contribution in [0.2, 0.25) is 0 Å². The zero-order valence-corrected chi connectivity index (χ0v) is 11.2. The second kappa shape index (κ2) is 6.13. The highest BCUT2D eigenvalue weighted by molar-refractivity contribution is 7.52. The molecule has 0 amide bonds. The maximum atomic E-state index is 11.6. The monoisotopic (exact) mass is 277 g/mol. The van der Waals surface area contributed by atoms with E-state index < -0.39 is 13.4 Å². The Hall–Kier alpha value is -1.45. The van der Waals surface area contributed by atoms with Gasteiger partial charge in [-0.25, -0.2) is 0 Å². The second-order valence-electron chi connectivity index (χ2n) is 4.27. The lowest BCUT2D eigenvalue weighted by molar-refractivity contribution is 0.347. The Morgan fingerprint density at radius 3 is 2.00 bits per heavy atom. The minimum Gasteiger partial charge on any atom is -0.323 e. The van der Waals surface area contributed by atoms with Gasteiger partial charge in [0.1, 0.15) is 5.78 Å². The molecule has 100 valence electrons. The predicted octanol–water partition coefficient (Wildman–Crippen LogP) is 2.65. The summed E-state index contributed by atoms with van der Waals surface area (Å²) in [5.74, 6) is -0.978. The summed E-state index contributed by atoms with van der Waals surface area (Å²) in [7, 11) is -4.25. The Kier molecular flexibility index (Phi) is 4.51. The van der Waals surface area contributed by atoms with Gasteiger partial charge in [0.25, 0.3) is 0 Å². The zero-order valence-electron chi connectivity index (χ0n) is 10.3. The smallest absolute Gasteiger partial charge is 0.323 e. The van der Waals surface area contributed by atoms with Gasteiger partial charge in [0.05, 0.1) is 0 Å². The van der Waals surface area contributed by atoms with E-state index in [1.54, 1.807) is 24.3 Å². The largest absolute Gasteiger partial charge is 0.346 e. The molecular weight excluding hydrogens is 261 g/mol. The maximum Gasteiger partial charge on any atom is 0.346 e. The Morgan fingerprint density at radius 1 is 0.947 bits per heavy atom. The van der Waals surface area contributed by atoms with Crippen LogP contribution in [-0.2, 0) is 11.1 Å². The average molecular weight is 277 g/mol. The highest BCUT2D eigenvalue weighted by Gasteiger charge is 2.29. The molecule has 2 aromatic carbocycles. The van der Waals surface area contributed by atoms with E-state index in [9.17, 15) is 14.4 Å². The van der Waals surface area contributed by atoms with Crippen LogP contribution >= 0.6 is 7.60 Å². The molecule has 2 aromatic rings. The number of nitrogens with one attached hydrogen (secondary N) is 1. The van der Waals surface area contributed by atoms with E-state index in [-0.39, 0.29) is 0 Å². The van der Waals surface area contributed by atoms with Crippen molar-refractivity contribution in [2.75, 3.05) is 0 Å². The third-order valence-corrected chi connectivity index (χ3v) is 3.95. The quantitative estimate of drug-likeness (QED) is 0.735. The molecule has 0 aliphatic rings. The fourth-order valence-corrected chi connectivity index (χ4v) is 2.77. The molecule has 1 atom stereocenters. The van der Waals surface area contributed by atoms with Gasteiger partial charge < -0.3 is 9.79 Å². The van der Waals surface area contributed by atoms with Crippen LogP contribution < -0.4 is 5.32 Å². The summed E-state index contributed by atoms with van der Waals surface area (Å²) >= 11 is 0. The van der Waals surface area contributed by atoms with Crippen molar-refractivity contribution >= 4 is 7.60 Å². The highest BCUT2D eigenvalue weighted by atomic mass is 31.2. The van der Waals surface area contributed by atoms with Crippen molar-refractivity contribution in [3.05, 3.63) is 71.8 Å². The lowest BCUT2D eigenvalue weighted by atomic mass is 10.2. The van der Waals surface area contributed by atoms with E-state index in [1.807, 2.05) is 36.4 Å². The van der Waals surface area contributed by atoms with E-state index in [0.29, 0.717) is 12.1 Å². The molecule has 0 saturated heterocycles. The summed E-state index contributed by atoms with van der Waals surface area (Å²) in [5.41, 5.74) is 1.57. The van der Waals surface area contributed by atoms with Gasteiger partial charge in [-0.05, 0) is 11.1 Å². The van der Waals surface area contributed by atoms with Gasteiger partial charge in [-0.15, -0.1) is 0 Å². The van der Waals surface area contributed by atoms with Crippen LogP contribution in [-0.4, -0.2) is 9.79 Å². The van der Waals surface area contributed by atoms with Crippen LogP contribution in [0.1, 0.15) is 16.9 Å². The van der Waals surface area contributed by atoms with Crippen molar-refractivity contribution in [2.24, 2.45) is 0 Å². The van der Waals surface area contributed by atoms with Gasteiger partial charge in [-0.3, -0.25) is 9.88 Å². The van der Waals surface area contributed by atoms with Crippen LogP contribution in [0.4, 0.5) is 0 Å². The molecule has 19 heavy (non-hydrogen) atoms. The SMILES string of the molecule is O=P(O)(O)C(NCc1ccccc1)c1ccccc1. The fraction of sp³-hybridized carbons (Fsp3) is 0.143. The van der Waals surface area contributed by atoms with Crippen molar-refractivity contribution in [1.82, 2.24) is 5.32 Å². The predicted molar refractivity (Wildman–Crippen MR) is 74.5 cm³/mol. The van der Waals surface area contributed by atoms with Gasteiger partial charge in [0.2, 0.25) is 0 Å². The zero-order chi connectivity index (χ0) is 13.7. The normalized spacial score (nSPS) is 13.2. The van der Waals surface area contributed by atoms with E-state index in [2.05, 4.69) is 5.32 Å². The highest BCUT2D eigenvalue weighted by Crippen LogP contribution is 2.49. The number of rotatable bonds is 5. The van der Waals surface area contributed by atoms with E-state index in [1.165, 1.54) is 0 Å². The molecule has 1 unspecified atom stereocenters. The van der Waals surface area contributed by atoms with Gasteiger partial charge in [-0.1, -0.05) is 60.7 Å². The van der Waals surface area contributed by atoms with E-state index in [4.69, 9.17) is 0 Å². The molecule has 0 aliphatic carbocycles. The van der Waals surface area contributed by atoms with Crippen LogP contribution in [0.3, 0.4) is 0 Å². The van der Waals surface area contributed by atoms with E-state index in [0.717, 1.165) is 5.56 Å². The number of benzene rings is 2. The van der Waals surface area contributed by atoms with Crippen molar-refractivity contribution in [3.8, 4) is 0 Å². The molecule has 4 nitrogen and oxygen atoms in total. The van der Waals surface area contributed by atoms with Crippen molar-refractivity contribution < 1.29 is 14.4 Å². The molecular formula is C14H16NO3P. The summed E-state index contributed by atoms with van der Waals surface area (Å²) < 4.78 is 11.6. The average Bonchev–Trinajstić information content (AvgIpc) is 2.40. The summed E-state index contributed by atoms with van der Waals surface area (Å²) in [6, 6.07) is 18.3. The van der Waals surface area contributed by atoms with Gasteiger partial charge in [-0.2, -0.15) is 0 Å². The molecule has 0 saturated carbocycles. The van der Waals surface area contributed by atoms with Gasteiger partial charge >= 0.3 is 7.60 Å². The lowest BCUT2D eigenvalue weighted by Crippen LogP contribution is -2.21.